The lowest BCUT2D eigenvalue weighted by atomic mass is 9.96. The number of pyridine rings is 1. The number of hydrogen-bond donors (Lipinski definition) is 3. The summed E-state index contributed by atoms with van der Waals surface area (Å²) < 4.78 is 5.73. The zero-order valence-electron chi connectivity index (χ0n) is 17.5. The number of aromatic nitrogens is 1. The van der Waals surface area contributed by atoms with Crippen molar-refractivity contribution in [1.29, 1.82) is 0 Å². The summed E-state index contributed by atoms with van der Waals surface area (Å²) in [7, 11) is 0. The van der Waals surface area contributed by atoms with E-state index in [4.69, 9.17) is 9.84 Å². The fourth-order valence-electron chi connectivity index (χ4n) is 3.75. The molecule has 2 amide bonds. The number of benzene rings is 1. The maximum Gasteiger partial charge on any atom is 0.322 e. The van der Waals surface area contributed by atoms with Gasteiger partial charge in [-0.3, -0.25) is 14.4 Å². The van der Waals surface area contributed by atoms with E-state index in [1.54, 1.807) is 23.2 Å². The molecule has 1 aliphatic carbocycles. The Kier molecular flexibility index (Phi) is 5.56. The van der Waals surface area contributed by atoms with E-state index in [2.05, 4.69) is 10.3 Å². The monoisotopic (exact) mass is 437 g/mol. The first-order valence-electron chi connectivity index (χ1n) is 10.2. The molecule has 1 aromatic carbocycles. The molecule has 1 saturated carbocycles. The van der Waals surface area contributed by atoms with Crippen LogP contribution in [0.2, 0.25) is 0 Å². The standard InChI is InChI=1S/C23H23N3O6/c1-14-2-5-16(6-3-14)32-18-7-4-15(11-24-18)13-26-22(31)20(21(30)25-12-19(28)29)17(27)10-23(26)8-9-23/h2-7,11,27H,8-10,12-13H2,1H3,(H,25,30)(H,28,29). The molecule has 2 aromatic rings. The zero-order valence-corrected chi connectivity index (χ0v) is 17.5. The lowest BCUT2D eigenvalue weighted by Crippen LogP contribution is -2.49. The molecule has 9 heteroatoms. The minimum absolute atomic E-state index is 0.163. The third-order valence-corrected chi connectivity index (χ3v) is 5.65. The van der Waals surface area contributed by atoms with Crippen molar-refractivity contribution in [3.63, 3.8) is 0 Å². The summed E-state index contributed by atoms with van der Waals surface area (Å²) in [6, 6.07) is 11.1. The van der Waals surface area contributed by atoms with E-state index in [9.17, 15) is 19.5 Å². The second-order valence-electron chi connectivity index (χ2n) is 8.11. The Hall–Kier alpha value is -3.88. The van der Waals surface area contributed by atoms with Crippen molar-refractivity contribution in [2.24, 2.45) is 0 Å². The molecule has 4 rings (SSSR count). The van der Waals surface area contributed by atoms with E-state index in [0.29, 0.717) is 11.6 Å². The topological polar surface area (TPSA) is 129 Å². The summed E-state index contributed by atoms with van der Waals surface area (Å²) in [5.74, 6) is -1.97. The molecular formula is C23H23N3O6. The van der Waals surface area contributed by atoms with E-state index >= 15 is 0 Å². The fraction of sp³-hybridized carbons (Fsp3) is 0.304. The Morgan fingerprint density at radius 3 is 2.50 bits per heavy atom. The van der Waals surface area contributed by atoms with Gasteiger partial charge < -0.3 is 25.2 Å². The van der Waals surface area contributed by atoms with Crippen molar-refractivity contribution in [1.82, 2.24) is 15.2 Å². The Morgan fingerprint density at radius 2 is 1.91 bits per heavy atom. The van der Waals surface area contributed by atoms with Crippen molar-refractivity contribution >= 4 is 17.8 Å². The number of ether oxygens (including phenoxy) is 1. The van der Waals surface area contributed by atoms with Crippen molar-refractivity contribution < 1.29 is 29.3 Å². The molecule has 1 fully saturated rings. The van der Waals surface area contributed by atoms with Gasteiger partial charge in [-0.15, -0.1) is 0 Å². The molecule has 0 unspecified atom stereocenters. The summed E-state index contributed by atoms with van der Waals surface area (Å²) in [6.07, 6.45) is 3.20. The van der Waals surface area contributed by atoms with Crippen molar-refractivity contribution in [3.05, 3.63) is 65.1 Å². The first-order chi connectivity index (χ1) is 15.3. The SMILES string of the molecule is Cc1ccc(Oc2ccc(CN3C(=O)C(C(=O)NCC(=O)O)=C(O)CC34CC4)cn2)cc1. The Balaban J connectivity index is 1.48. The molecule has 1 aliphatic heterocycles. The lowest BCUT2D eigenvalue weighted by Gasteiger charge is -2.36. The zero-order chi connectivity index (χ0) is 22.9. The van der Waals surface area contributed by atoms with Crippen LogP contribution in [0.25, 0.3) is 0 Å². The summed E-state index contributed by atoms with van der Waals surface area (Å²) in [5.41, 5.74) is 0.940. The molecule has 32 heavy (non-hydrogen) atoms. The first-order valence-corrected chi connectivity index (χ1v) is 10.2. The number of aliphatic hydroxyl groups is 1. The van der Waals surface area contributed by atoms with Crippen LogP contribution < -0.4 is 10.1 Å². The molecule has 1 aromatic heterocycles. The van der Waals surface area contributed by atoms with E-state index in [1.165, 1.54) is 0 Å². The largest absolute Gasteiger partial charge is 0.511 e. The number of aliphatic hydroxyl groups excluding tert-OH is 1. The second-order valence-corrected chi connectivity index (χ2v) is 8.11. The van der Waals surface area contributed by atoms with E-state index in [1.807, 2.05) is 31.2 Å². The van der Waals surface area contributed by atoms with Gasteiger partial charge in [0, 0.05) is 25.2 Å². The van der Waals surface area contributed by atoms with Gasteiger partial charge in [-0.2, -0.15) is 0 Å². The number of hydrogen-bond acceptors (Lipinski definition) is 6. The Morgan fingerprint density at radius 1 is 1.19 bits per heavy atom. The number of amides is 2. The van der Waals surface area contributed by atoms with Crippen LogP contribution in [0.1, 0.15) is 30.4 Å². The summed E-state index contributed by atoms with van der Waals surface area (Å²) in [6.45, 7) is 1.56. The molecule has 1 spiro atoms. The summed E-state index contributed by atoms with van der Waals surface area (Å²) in [5, 5.41) is 21.2. The van der Waals surface area contributed by atoms with Gasteiger partial charge in [0.05, 0.1) is 5.54 Å². The maximum atomic E-state index is 13.1. The predicted octanol–water partition coefficient (Wildman–Crippen LogP) is 2.46. The highest BCUT2D eigenvalue weighted by Crippen LogP contribution is 2.50. The van der Waals surface area contributed by atoms with Gasteiger partial charge in [0.2, 0.25) is 5.88 Å². The van der Waals surface area contributed by atoms with Crippen molar-refractivity contribution in [2.45, 2.75) is 38.3 Å². The van der Waals surface area contributed by atoms with E-state index in [0.717, 1.165) is 24.0 Å². The molecule has 166 valence electrons. The van der Waals surface area contributed by atoms with Gasteiger partial charge in [-0.25, -0.2) is 4.98 Å². The number of nitrogens with zero attached hydrogens (tertiary/aromatic N) is 2. The molecule has 0 atom stereocenters. The molecule has 2 heterocycles. The van der Waals surface area contributed by atoms with Crippen LogP contribution in [0.3, 0.4) is 0 Å². The number of carbonyl (C=O) groups is 3. The van der Waals surface area contributed by atoms with Crippen LogP contribution in [0.15, 0.2) is 53.9 Å². The second kappa shape index (κ2) is 8.33. The van der Waals surface area contributed by atoms with Gasteiger partial charge in [0.25, 0.3) is 11.8 Å². The number of carboxylic acids is 1. The molecule has 2 aliphatic rings. The third-order valence-electron chi connectivity index (χ3n) is 5.65. The summed E-state index contributed by atoms with van der Waals surface area (Å²) >= 11 is 0. The molecule has 0 saturated heterocycles. The molecule has 0 radical (unpaired) electrons. The average molecular weight is 437 g/mol. The smallest absolute Gasteiger partial charge is 0.322 e. The maximum absolute atomic E-state index is 13.1. The van der Waals surface area contributed by atoms with Gasteiger partial charge in [-0.1, -0.05) is 23.8 Å². The van der Waals surface area contributed by atoms with Crippen LogP contribution in [0.4, 0.5) is 0 Å². The van der Waals surface area contributed by atoms with Gasteiger partial charge in [0.1, 0.15) is 23.6 Å². The predicted molar refractivity (Wildman–Crippen MR) is 113 cm³/mol. The van der Waals surface area contributed by atoms with Gasteiger partial charge >= 0.3 is 5.97 Å². The summed E-state index contributed by atoms with van der Waals surface area (Å²) in [4.78, 5) is 42.0. The van der Waals surface area contributed by atoms with Crippen LogP contribution >= 0.6 is 0 Å². The number of rotatable bonds is 7. The van der Waals surface area contributed by atoms with E-state index < -0.39 is 35.4 Å². The van der Waals surface area contributed by atoms with Crippen LogP contribution in [-0.2, 0) is 20.9 Å². The lowest BCUT2D eigenvalue weighted by molar-refractivity contribution is -0.139. The van der Waals surface area contributed by atoms with Crippen LogP contribution in [-0.4, -0.2) is 50.0 Å². The van der Waals surface area contributed by atoms with Crippen LogP contribution in [0, 0.1) is 6.92 Å². The van der Waals surface area contributed by atoms with Gasteiger partial charge in [0.15, 0.2) is 0 Å². The Bertz CT molecular complexity index is 1090. The number of nitrogens with one attached hydrogen (secondary N) is 1. The minimum Gasteiger partial charge on any atom is -0.511 e. The fourth-order valence-corrected chi connectivity index (χ4v) is 3.75. The highest BCUT2D eigenvalue weighted by Gasteiger charge is 2.55. The minimum atomic E-state index is -1.24. The van der Waals surface area contributed by atoms with Crippen LogP contribution in [0.5, 0.6) is 11.6 Å². The highest BCUT2D eigenvalue weighted by molar-refractivity contribution is 6.19. The number of carbonyl (C=O) groups excluding carboxylic acids is 2. The average Bonchev–Trinajstić information content (AvgIpc) is 3.52. The Labute approximate surface area is 184 Å². The van der Waals surface area contributed by atoms with Gasteiger partial charge in [-0.05, 0) is 37.5 Å². The highest BCUT2D eigenvalue weighted by atomic mass is 16.5. The first kappa shape index (κ1) is 21.4. The third kappa shape index (κ3) is 4.41. The number of carboxylic acid groups (broad SMARTS) is 1. The number of aliphatic carboxylic acids is 1. The van der Waals surface area contributed by atoms with Crippen molar-refractivity contribution in [3.8, 4) is 11.6 Å². The molecule has 3 N–H and O–H groups in total. The van der Waals surface area contributed by atoms with E-state index in [-0.39, 0.29) is 18.7 Å². The molecular weight excluding hydrogens is 414 g/mol. The normalized spacial score (nSPS) is 16.8. The molecule has 9 nitrogen and oxygen atoms in total. The quantitative estimate of drug-likeness (QED) is 0.568. The van der Waals surface area contributed by atoms with Crippen molar-refractivity contribution in [2.75, 3.05) is 6.54 Å². The number of aryl methyl sites for hydroxylation is 1. The molecule has 0 bridgehead atoms.